The number of hydrogen-bond donors (Lipinski definition) is 1. The minimum atomic E-state index is -0.186. The molecular formula is C25H26N6O2. The number of pyridine rings is 2. The molecular weight excluding hydrogens is 416 g/mol. The minimum Gasteiger partial charge on any atom is -0.369 e. The fourth-order valence-electron chi connectivity index (χ4n) is 4.18. The number of benzene rings is 1. The maximum atomic E-state index is 12.7. The lowest BCUT2D eigenvalue weighted by Gasteiger charge is -2.32. The monoisotopic (exact) mass is 442 g/mol. The number of morpholine rings is 1. The molecule has 1 atom stereocenters. The van der Waals surface area contributed by atoms with E-state index in [1.807, 2.05) is 62.8 Å². The van der Waals surface area contributed by atoms with Crippen molar-refractivity contribution < 1.29 is 9.53 Å². The standard InChI is InChI=1S/C25H26N6O2/c1-17-10-19(20-13-27-30(2)14-20)12-23(28-17)24-15-31(8-9-33-24)16-25(32)29-21-5-6-22-18(11-21)4-3-7-26-22/h3-7,10-14,24H,8-9,15-16H2,1-2H3,(H,29,32)/t24-/m0/s1. The highest BCUT2D eigenvalue weighted by atomic mass is 16.5. The van der Waals surface area contributed by atoms with Gasteiger partial charge in [0.25, 0.3) is 0 Å². The summed E-state index contributed by atoms with van der Waals surface area (Å²) in [5, 5.41) is 8.27. The number of rotatable bonds is 5. The van der Waals surface area contributed by atoms with Gasteiger partial charge >= 0.3 is 0 Å². The molecule has 1 fully saturated rings. The molecule has 0 bridgehead atoms. The molecule has 0 aliphatic carbocycles. The van der Waals surface area contributed by atoms with E-state index in [0.29, 0.717) is 26.2 Å². The molecule has 33 heavy (non-hydrogen) atoms. The van der Waals surface area contributed by atoms with Crippen molar-refractivity contribution in [2.75, 3.05) is 31.6 Å². The lowest BCUT2D eigenvalue weighted by molar-refractivity contribution is -0.119. The number of fused-ring (bicyclic) bond motifs is 1. The van der Waals surface area contributed by atoms with Crippen molar-refractivity contribution in [1.29, 1.82) is 0 Å². The van der Waals surface area contributed by atoms with Gasteiger partial charge in [0.15, 0.2) is 0 Å². The zero-order valence-corrected chi connectivity index (χ0v) is 18.7. The van der Waals surface area contributed by atoms with E-state index in [1.165, 1.54) is 0 Å². The second-order valence-electron chi connectivity index (χ2n) is 8.38. The Morgan fingerprint density at radius 2 is 2.12 bits per heavy atom. The van der Waals surface area contributed by atoms with Gasteiger partial charge in [0.05, 0.1) is 30.6 Å². The van der Waals surface area contributed by atoms with Gasteiger partial charge in [-0.25, -0.2) is 0 Å². The Morgan fingerprint density at radius 1 is 1.21 bits per heavy atom. The van der Waals surface area contributed by atoms with Crippen LogP contribution in [0.25, 0.3) is 22.0 Å². The summed E-state index contributed by atoms with van der Waals surface area (Å²) < 4.78 is 7.82. The number of anilines is 1. The number of nitrogens with zero attached hydrogens (tertiary/aromatic N) is 5. The Morgan fingerprint density at radius 3 is 2.97 bits per heavy atom. The van der Waals surface area contributed by atoms with Crippen molar-refractivity contribution in [2.24, 2.45) is 7.05 Å². The Hall–Kier alpha value is -3.62. The van der Waals surface area contributed by atoms with E-state index >= 15 is 0 Å². The van der Waals surface area contributed by atoms with Crippen molar-refractivity contribution in [2.45, 2.75) is 13.0 Å². The van der Waals surface area contributed by atoms with Crippen LogP contribution in [-0.2, 0) is 16.6 Å². The number of carbonyl (C=O) groups is 1. The highest BCUT2D eigenvalue weighted by Gasteiger charge is 2.25. The van der Waals surface area contributed by atoms with Gasteiger partial charge in [-0.2, -0.15) is 5.10 Å². The highest BCUT2D eigenvalue weighted by Crippen LogP contribution is 2.27. The fourth-order valence-corrected chi connectivity index (χ4v) is 4.18. The van der Waals surface area contributed by atoms with Crippen molar-refractivity contribution >= 4 is 22.5 Å². The van der Waals surface area contributed by atoms with Gasteiger partial charge in [0, 0.05) is 54.9 Å². The smallest absolute Gasteiger partial charge is 0.238 e. The van der Waals surface area contributed by atoms with Crippen LogP contribution >= 0.6 is 0 Å². The topological polar surface area (TPSA) is 85.2 Å². The third kappa shape index (κ3) is 4.92. The molecule has 8 heteroatoms. The first-order chi connectivity index (χ1) is 16.0. The fraction of sp³-hybridized carbons (Fsp3) is 0.280. The Labute approximate surface area is 192 Å². The normalized spacial score (nSPS) is 16.7. The molecule has 3 aromatic heterocycles. The van der Waals surface area contributed by atoms with Gasteiger partial charge in [0.1, 0.15) is 6.10 Å². The summed E-state index contributed by atoms with van der Waals surface area (Å²) in [4.78, 5) is 23.9. The van der Waals surface area contributed by atoms with Crippen LogP contribution in [-0.4, -0.2) is 56.8 Å². The maximum Gasteiger partial charge on any atom is 0.238 e. The first kappa shape index (κ1) is 21.2. The van der Waals surface area contributed by atoms with E-state index in [4.69, 9.17) is 9.72 Å². The second-order valence-corrected chi connectivity index (χ2v) is 8.38. The molecule has 1 amide bonds. The Bertz CT molecular complexity index is 1300. The van der Waals surface area contributed by atoms with Crippen molar-refractivity contribution in [3.8, 4) is 11.1 Å². The van der Waals surface area contributed by atoms with Crippen molar-refractivity contribution in [1.82, 2.24) is 24.6 Å². The number of amides is 1. The molecule has 8 nitrogen and oxygen atoms in total. The molecule has 1 aliphatic heterocycles. The van der Waals surface area contributed by atoms with E-state index in [0.717, 1.165) is 39.1 Å². The van der Waals surface area contributed by atoms with Crippen LogP contribution in [0.2, 0.25) is 0 Å². The molecule has 0 unspecified atom stereocenters. The van der Waals surface area contributed by atoms with Crippen LogP contribution in [0.4, 0.5) is 5.69 Å². The quantitative estimate of drug-likeness (QED) is 0.510. The molecule has 0 radical (unpaired) electrons. The lowest BCUT2D eigenvalue weighted by atomic mass is 10.1. The number of aryl methyl sites for hydroxylation is 2. The number of nitrogens with one attached hydrogen (secondary N) is 1. The first-order valence-electron chi connectivity index (χ1n) is 11.0. The van der Waals surface area contributed by atoms with E-state index in [-0.39, 0.29) is 12.0 Å². The van der Waals surface area contributed by atoms with Gasteiger partial charge in [0.2, 0.25) is 5.91 Å². The molecule has 168 valence electrons. The minimum absolute atomic E-state index is 0.0489. The zero-order valence-electron chi connectivity index (χ0n) is 18.7. The van der Waals surface area contributed by atoms with E-state index < -0.39 is 0 Å². The zero-order chi connectivity index (χ0) is 22.8. The summed E-state index contributed by atoms with van der Waals surface area (Å²) in [7, 11) is 1.90. The molecule has 4 aromatic rings. The summed E-state index contributed by atoms with van der Waals surface area (Å²) in [6.45, 7) is 4.14. The van der Waals surface area contributed by atoms with Crippen LogP contribution < -0.4 is 5.32 Å². The van der Waals surface area contributed by atoms with Crippen molar-refractivity contribution in [3.05, 3.63) is 72.4 Å². The van der Waals surface area contributed by atoms with Crippen LogP contribution in [0.3, 0.4) is 0 Å². The third-order valence-electron chi connectivity index (χ3n) is 5.75. The van der Waals surface area contributed by atoms with Gasteiger partial charge in [-0.15, -0.1) is 0 Å². The van der Waals surface area contributed by atoms with Crippen LogP contribution in [0.1, 0.15) is 17.5 Å². The SMILES string of the molecule is Cc1cc(-c2cnn(C)c2)cc([C@@H]2CN(CC(=O)Nc3ccc4ncccc4c3)CCO2)n1. The van der Waals surface area contributed by atoms with Crippen LogP contribution in [0.15, 0.2) is 61.1 Å². The van der Waals surface area contributed by atoms with E-state index in [2.05, 4.69) is 26.4 Å². The third-order valence-corrected chi connectivity index (χ3v) is 5.75. The number of carbonyl (C=O) groups excluding carboxylic acids is 1. The number of ether oxygens (including phenoxy) is 1. The first-order valence-corrected chi connectivity index (χ1v) is 11.0. The molecule has 1 N–H and O–H groups in total. The summed E-state index contributed by atoms with van der Waals surface area (Å²) in [5.41, 5.74) is 5.59. The lowest BCUT2D eigenvalue weighted by Crippen LogP contribution is -2.42. The molecule has 1 aliphatic rings. The van der Waals surface area contributed by atoms with Gasteiger partial charge < -0.3 is 10.1 Å². The Balaban J connectivity index is 1.26. The molecule has 0 spiro atoms. The summed E-state index contributed by atoms with van der Waals surface area (Å²) >= 11 is 0. The predicted octanol–water partition coefficient (Wildman–Crippen LogP) is 3.35. The van der Waals surface area contributed by atoms with Gasteiger partial charge in [-0.3, -0.25) is 24.3 Å². The highest BCUT2D eigenvalue weighted by molar-refractivity contribution is 5.94. The van der Waals surface area contributed by atoms with Crippen LogP contribution in [0, 0.1) is 6.92 Å². The molecule has 5 rings (SSSR count). The van der Waals surface area contributed by atoms with Crippen LogP contribution in [0.5, 0.6) is 0 Å². The largest absolute Gasteiger partial charge is 0.369 e. The summed E-state index contributed by atoms with van der Waals surface area (Å²) in [6.07, 6.45) is 5.41. The van der Waals surface area contributed by atoms with E-state index in [9.17, 15) is 4.79 Å². The predicted molar refractivity (Wildman–Crippen MR) is 127 cm³/mol. The average Bonchev–Trinajstić information content (AvgIpc) is 3.25. The van der Waals surface area contributed by atoms with Gasteiger partial charge in [-0.05, 0) is 48.9 Å². The maximum absolute atomic E-state index is 12.7. The van der Waals surface area contributed by atoms with E-state index in [1.54, 1.807) is 10.9 Å². The average molecular weight is 443 g/mol. The molecule has 0 saturated carbocycles. The molecule has 4 heterocycles. The van der Waals surface area contributed by atoms with Crippen molar-refractivity contribution in [3.63, 3.8) is 0 Å². The molecule has 1 aromatic carbocycles. The summed E-state index contributed by atoms with van der Waals surface area (Å²) in [6, 6.07) is 13.7. The number of hydrogen-bond acceptors (Lipinski definition) is 6. The number of aromatic nitrogens is 4. The second kappa shape index (κ2) is 9.09. The molecule has 1 saturated heterocycles. The summed E-state index contributed by atoms with van der Waals surface area (Å²) in [5.74, 6) is -0.0489. The van der Waals surface area contributed by atoms with Gasteiger partial charge in [-0.1, -0.05) is 6.07 Å². The Kier molecular flexibility index (Phi) is 5.85.